The highest BCUT2D eigenvalue weighted by Gasteiger charge is 2.20. The summed E-state index contributed by atoms with van der Waals surface area (Å²) >= 11 is 0. The SMILES string of the molecule is C1=Cc2c(cccc2C2=Cc3ccccc3OO2)OO1. The van der Waals surface area contributed by atoms with E-state index in [4.69, 9.17) is 19.6 Å². The molecule has 0 atom stereocenters. The minimum atomic E-state index is 0.635. The van der Waals surface area contributed by atoms with E-state index in [1.165, 1.54) is 6.26 Å². The second kappa shape index (κ2) is 4.35. The number of para-hydroxylation sites is 1. The van der Waals surface area contributed by atoms with Crippen LogP contribution in [0.4, 0.5) is 0 Å². The van der Waals surface area contributed by atoms with Crippen LogP contribution >= 0.6 is 0 Å². The van der Waals surface area contributed by atoms with E-state index in [-0.39, 0.29) is 0 Å². The lowest BCUT2D eigenvalue weighted by atomic mass is 10.0. The van der Waals surface area contributed by atoms with Crippen LogP contribution in [0, 0.1) is 0 Å². The fraction of sp³-hybridized carbons (Fsp3) is 0. The van der Waals surface area contributed by atoms with Crippen LogP contribution in [0.25, 0.3) is 17.9 Å². The summed E-state index contributed by atoms with van der Waals surface area (Å²) in [5, 5.41) is 0. The Hall–Kier alpha value is -2.88. The van der Waals surface area contributed by atoms with Crippen molar-refractivity contribution in [1.82, 2.24) is 0 Å². The van der Waals surface area contributed by atoms with Crippen LogP contribution in [0.15, 0.2) is 48.7 Å². The monoisotopic (exact) mass is 266 g/mol. The molecule has 0 saturated heterocycles. The predicted molar refractivity (Wildman–Crippen MR) is 73.2 cm³/mol. The minimum absolute atomic E-state index is 0.635. The molecular formula is C16H10O4. The summed E-state index contributed by atoms with van der Waals surface area (Å²) in [5.74, 6) is 1.99. The molecule has 0 radical (unpaired) electrons. The van der Waals surface area contributed by atoms with Crippen molar-refractivity contribution in [2.45, 2.75) is 0 Å². The molecule has 2 aromatic carbocycles. The van der Waals surface area contributed by atoms with Crippen LogP contribution in [0.1, 0.15) is 16.7 Å². The Morgan fingerprint density at radius 2 is 1.65 bits per heavy atom. The van der Waals surface area contributed by atoms with Gasteiger partial charge in [0.15, 0.2) is 17.3 Å². The molecule has 0 unspecified atom stereocenters. The van der Waals surface area contributed by atoms with Crippen molar-refractivity contribution < 1.29 is 19.6 Å². The van der Waals surface area contributed by atoms with Gasteiger partial charge in [0.05, 0.1) is 0 Å². The summed E-state index contributed by atoms with van der Waals surface area (Å²) in [7, 11) is 0. The van der Waals surface area contributed by atoms with Crippen LogP contribution in [-0.2, 0) is 9.78 Å². The van der Waals surface area contributed by atoms with Gasteiger partial charge in [0, 0.05) is 16.7 Å². The van der Waals surface area contributed by atoms with E-state index in [2.05, 4.69) is 0 Å². The second-order valence-electron chi connectivity index (χ2n) is 4.41. The Morgan fingerprint density at radius 1 is 0.750 bits per heavy atom. The van der Waals surface area contributed by atoms with Gasteiger partial charge in [-0.15, -0.1) is 0 Å². The lowest BCUT2D eigenvalue weighted by Gasteiger charge is -2.19. The number of benzene rings is 2. The maximum Gasteiger partial charge on any atom is 0.187 e. The second-order valence-corrected chi connectivity index (χ2v) is 4.41. The molecule has 4 heteroatoms. The Balaban J connectivity index is 1.84. The number of hydrogen-bond acceptors (Lipinski definition) is 4. The molecule has 0 fully saturated rings. The molecule has 0 amide bonds. The Labute approximate surface area is 115 Å². The number of hydrogen-bond donors (Lipinski definition) is 0. The van der Waals surface area contributed by atoms with Gasteiger partial charge in [0.2, 0.25) is 0 Å². The fourth-order valence-electron chi connectivity index (χ4n) is 2.23. The number of fused-ring (bicyclic) bond motifs is 2. The molecule has 2 heterocycles. The van der Waals surface area contributed by atoms with Crippen LogP contribution in [-0.4, -0.2) is 0 Å². The van der Waals surface area contributed by atoms with Gasteiger partial charge in [-0.2, -0.15) is 0 Å². The standard InChI is InChI=1S/C16H10O4/c1-2-6-14-11(4-1)10-16(20-19-14)12-5-3-7-15-13(12)8-9-17-18-15/h1-10H. The van der Waals surface area contributed by atoms with Crippen molar-refractivity contribution >= 4 is 17.9 Å². The first-order valence-electron chi connectivity index (χ1n) is 6.20. The third-order valence-electron chi connectivity index (χ3n) is 3.19. The van der Waals surface area contributed by atoms with E-state index < -0.39 is 0 Å². The topological polar surface area (TPSA) is 36.9 Å². The number of rotatable bonds is 1. The maximum absolute atomic E-state index is 5.39. The molecule has 4 rings (SSSR count). The van der Waals surface area contributed by atoms with Gasteiger partial charge in [-0.05, 0) is 24.3 Å². The van der Waals surface area contributed by atoms with Crippen molar-refractivity contribution in [3.8, 4) is 11.5 Å². The van der Waals surface area contributed by atoms with Gasteiger partial charge in [-0.1, -0.05) is 30.3 Å². The Bertz CT molecular complexity index is 731. The average Bonchev–Trinajstić information content (AvgIpc) is 2.54. The molecule has 0 bridgehead atoms. The summed E-state index contributed by atoms with van der Waals surface area (Å²) < 4.78 is 0. The molecular weight excluding hydrogens is 256 g/mol. The summed E-state index contributed by atoms with van der Waals surface area (Å²) in [6.45, 7) is 0. The highest BCUT2D eigenvalue weighted by Crippen LogP contribution is 2.36. The van der Waals surface area contributed by atoms with E-state index in [9.17, 15) is 0 Å². The van der Waals surface area contributed by atoms with E-state index >= 15 is 0 Å². The van der Waals surface area contributed by atoms with Crippen LogP contribution in [0.3, 0.4) is 0 Å². The average molecular weight is 266 g/mol. The maximum atomic E-state index is 5.39. The van der Waals surface area contributed by atoms with E-state index in [0.29, 0.717) is 17.3 Å². The first kappa shape index (κ1) is 11.0. The molecule has 98 valence electrons. The molecule has 0 aliphatic carbocycles. The molecule has 2 aliphatic heterocycles. The third kappa shape index (κ3) is 1.70. The summed E-state index contributed by atoms with van der Waals surface area (Å²) in [4.78, 5) is 20.6. The first-order valence-corrected chi connectivity index (χ1v) is 6.20. The molecule has 20 heavy (non-hydrogen) atoms. The van der Waals surface area contributed by atoms with Crippen molar-refractivity contribution in [1.29, 1.82) is 0 Å². The third-order valence-corrected chi connectivity index (χ3v) is 3.19. The van der Waals surface area contributed by atoms with Crippen LogP contribution in [0.2, 0.25) is 0 Å². The zero-order valence-corrected chi connectivity index (χ0v) is 10.4. The Morgan fingerprint density at radius 3 is 2.65 bits per heavy atom. The summed E-state index contributed by atoms with van der Waals surface area (Å²) in [5.41, 5.74) is 2.76. The molecule has 0 spiro atoms. The van der Waals surface area contributed by atoms with Gasteiger partial charge in [0.1, 0.15) is 6.26 Å². The van der Waals surface area contributed by atoms with Crippen molar-refractivity contribution in [2.24, 2.45) is 0 Å². The highest BCUT2D eigenvalue weighted by atomic mass is 17.2. The van der Waals surface area contributed by atoms with Gasteiger partial charge in [0.25, 0.3) is 0 Å². The molecule has 4 nitrogen and oxygen atoms in total. The van der Waals surface area contributed by atoms with E-state index in [1.807, 2.05) is 54.6 Å². The van der Waals surface area contributed by atoms with Crippen molar-refractivity contribution in [3.63, 3.8) is 0 Å². The molecule has 0 saturated carbocycles. The smallest absolute Gasteiger partial charge is 0.187 e. The van der Waals surface area contributed by atoms with Gasteiger partial charge >= 0.3 is 0 Å². The quantitative estimate of drug-likeness (QED) is 0.735. The molecule has 2 aromatic rings. The summed E-state index contributed by atoms with van der Waals surface area (Å²) in [6, 6.07) is 13.4. The van der Waals surface area contributed by atoms with Gasteiger partial charge in [-0.3, -0.25) is 19.6 Å². The van der Waals surface area contributed by atoms with Crippen LogP contribution in [0.5, 0.6) is 11.5 Å². The zero-order chi connectivity index (χ0) is 13.4. The molecule has 2 aliphatic rings. The zero-order valence-electron chi connectivity index (χ0n) is 10.4. The highest BCUT2D eigenvalue weighted by molar-refractivity contribution is 5.85. The van der Waals surface area contributed by atoms with E-state index in [1.54, 1.807) is 0 Å². The lowest BCUT2D eigenvalue weighted by Crippen LogP contribution is -2.06. The fourth-order valence-corrected chi connectivity index (χ4v) is 2.23. The van der Waals surface area contributed by atoms with Gasteiger partial charge in [-0.25, -0.2) is 0 Å². The van der Waals surface area contributed by atoms with E-state index in [0.717, 1.165) is 16.7 Å². The lowest BCUT2D eigenvalue weighted by molar-refractivity contribution is -0.151. The normalized spacial score (nSPS) is 14.7. The van der Waals surface area contributed by atoms with Crippen molar-refractivity contribution in [3.05, 3.63) is 65.4 Å². The first-order chi connectivity index (χ1) is 9.92. The molecule has 0 N–H and O–H groups in total. The van der Waals surface area contributed by atoms with Gasteiger partial charge < -0.3 is 0 Å². The largest absolute Gasteiger partial charge is 0.298 e. The molecule has 0 aromatic heterocycles. The Kier molecular flexibility index (Phi) is 2.39. The van der Waals surface area contributed by atoms with Crippen LogP contribution < -0.4 is 9.78 Å². The van der Waals surface area contributed by atoms with Crippen molar-refractivity contribution in [2.75, 3.05) is 0 Å². The summed E-state index contributed by atoms with van der Waals surface area (Å²) in [6.07, 6.45) is 5.26. The predicted octanol–water partition coefficient (Wildman–Crippen LogP) is 3.80. The minimum Gasteiger partial charge on any atom is -0.298 e.